The van der Waals surface area contributed by atoms with Crippen LogP contribution in [0.3, 0.4) is 0 Å². The molecule has 0 amide bonds. The van der Waals surface area contributed by atoms with Gasteiger partial charge in [-0.25, -0.2) is 0 Å². The summed E-state index contributed by atoms with van der Waals surface area (Å²) in [7, 11) is 0. The molecule has 0 nitrogen and oxygen atoms in total. The maximum absolute atomic E-state index is 3.61. The monoisotopic (exact) mass is 322 g/mol. The fourth-order valence-electron chi connectivity index (χ4n) is 2.00. The van der Waals surface area contributed by atoms with Crippen molar-refractivity contribution >= 4 is 0 Å². The summed E-state index contributed by atoms with van der Waals surface area (Å²) in [6, 6.07) is 0. The summed E-state index contributed by atoms with van der Waals surface area (Å²) < 4.78 is 0. The second-order valence-electron chi connectivity index (χ2n) is 5.53. The van der Waals surface area contributed by atoms with E-state index in [0.29, 0.717) is 0 Å². The first-order valence-corrected chi connectivity index (χ1v) is 9.19. The van der Waals surface area contributed by atoms with Crippen LogP contribution in [0.2, 0.25) is 0 Å². The molecule has 0 aromatic heterocycles. The Hall–Kier alpha value is -2.08. The average molecular weight is 323 g/mol. The molecule has 130 valence electrons. The molecule has 0 fully saturated rings. The highest BCUT2D eigenvalue weighted by molar-refractivity contribution is 5.21. The Morgan fingerprint density at radius 1 is 0.500 bits per heavy atom. The number of allylic oxidation sites excluding steroid dienone is 15. The molecule has 0 heteroatoms. The van der Waals surface area contributed by atoms with Crippen molar-refractivity contribution in [2.75, 3.05) is 0 Å². The number of hydrogen-bond acceptors (Lipinski definition) is 0. The molecule has 0 heterocycles. The molecule has 0 aliphatic rings. The van der Waals surface area contributed by atoms with Gasteiger partial charge >= 0.3 is 0 Å². The van der Waals surface area contributed by atoms with Crippen molar-refractivity contribution in [3.05, 3.63) is 97.7 Å². The van der Waals surface area contributed by atoms with E-state index in [-0.39, 0.29) is 0 Å². The SMILES string of the molecule is C=CC=CC=CC=CC=CC=CC=CC=CCCCCCCCC. The molecule has 0 unspecified atom stereocenters. The maximum Gasteiger partial charge on any atom is -0.0348 e. The van der Waals surface area contributed by atoms with E-state index in [2.05, 4.69) is 37.8 Å². The topological polar surface area (TPSA) is 0 Å². The van der Waals surface area contributed by atoms with Gasteiger partial charge in [-0.05, 0) is 12.8 Å². The van der Waals surface area contributed by atoms with E-state index in [1.54, 1.807) is 6.08 Å². The molecule has 0 atom stereocenters. The molecule has 0 bridgehead atoms. The molecule has 0 N–H and O–H groups in total. The Morgan fingerprint density at radius 3 is 1.42 bits per heavy atom. The molecule has 24 heavy (non-hydrogen) atoms. The quantitative estimate of drug-likeness (QED) is 0.226. The van der Waals surface area contributed by atoms with Crippen molar-refractivity contribution in [2.45, 2.75) is 51.9 Å². The van der Waals surface area contributed by atoms with Gasteiger partial charge in [-0.3, -0.25) is 0 Å². The molecule has 0 aliphatic carbocycles. The lowest BCUT2D eigenvalue weighted by atomic mass is 10.1. The van der Waals surface area contributed by atoms with Crippen LogP contribution >= 0.6 is 0 Å². The first-order chi connectivity index (χ1) is 11.9. The average Bonchev–Trinajstić information content (AvgIpc) is 2.60. The molecule has 0 rings (SSSR count). The summed E-state index contributed by atoms with van der Waals surface area (Å²) in [6.07, 6.45) is 39.6. The van der Waals surface area contributed by atoms with Crippen LogP contribution in [-0.4, -0.2) is 0 Å². The predicted octanol–water partition coefficient (Wildman–Crippen LogP) is 7.82. The minimum absolute atomic E-state index is 1.19. The fourth-order valence-corrected chi connectivity index (χ4v) is 2.00. The zero-order chi connectivity index (χ0) is 17.6. The van der Waals surface area contributed by atoms with E-state index in [0.717, 1.165) is 0 Å². The number of hydrogen-bond donors (Lipinski definition) is 0. The summed E-state index contributed by atoms with van der Waals surface area (Å²) in [5.74, 6) is 0. The van der Waals surface area contributed by atoms with Crippen molar-refractivity contribution < 1.29 is 0 Å². The molecule has 0 aromatic carbocycles. The predicted molar refractivity (Wildman–Crippen MR) is 112 cm³/mol. The highest BCUT2D eigenvalue weighted by Gasteiger charge is 1.87. The summed E-state index contributed by atoms with van der Waals surface area (Å²) in [5, 5.41) is 0. The molecular formula is C24H34. The van der Waals surface area contributed by atoms with Crippen molar-refractivity contribution in [1.82, 2.24) is 0 Å². The van der Waals surface area contributed by atoms with Gasteiger partial charge in [0.2, 0.25) is 0 Å². The maximum atomic E-state index is 3.61. The van der Waals surface area contributed by atoms with Crippen LogP contribution in [0.25, 0.3) is 0 Å². The minimum atomic E-state index is 1.19. The van der Waals surface area contributed by atoms with E-state index in [1.807, 2.05) is 60.8 Å². The molecule has 0 saturated heterocycles. The van der Waals surface area contributed by atoms with Gasteiger partial charge in [-0.1, -0.05) is 137 Å². The van der Waals surface area contributed by atoms with Crippen molar-refractivity contribution in [3.63, 3.8) is 0 Å². The highest BCUT2D eigenvalue weighted by atomic mass is 13.9. The van der Waals surface area contributed by atoms with Crippen LogP contribution < -0.4 is 0 Å². The first kappa shape index (κ1) is 21.9. The largest absolute Gasteiger partial charge is 0.0991 e. The Labute approximate surface area is 150 Å². The Kier molecular flexibility index (Phi) is 19.1. The van der Waals surface area contributed by atoms with Gasteiger partial charge in [0.1, 0.15) is 0 Å². The van der Waals surface area contributed by atoms with Crippen LogP contribution in [0.5, 0.6) is 0 Å². The summed E-state index contributed by atoms with van der Waals surface area (Å²) in [5.41, 5.74) is 0. The van der Waals surface area contributed by atoms with E-state index in [9.17, 15) is 0 Å². The molecule has 0 aromatic rings. The Balaban J connectivity index is 3.62. The zero-order valence-corrected chi connectivity index (χ0v) is 15.3. The summed E-state index contributed by atoms with van der Waals surface area (Å²) in [4.78, 5) is 0. The van der Waals surface area contributed by atoms with Gasteiger partial charge in [0.05, 0.1) is 0 Å². The van der Waals surface area contributed by atoms with E-state index < -0.39 is 0 Å². The molecule has 0 radical (unpaired) electrons. The van der Waals surface area contributed by atoms with E-state index >= 15 is 0 Å². The smallest absolute Gasteiger partial charge is 0.0348 e. The van der Waals surface area contributed by atoms with Crippen LogP contribution in [0, 0.1) is 0 Å². The lowest BCUT2D eigenvalue weighted by Crippen LogP contribution is -1.77. The minimum Gasteiger partial charge on any atom is -0.0991 e. The van der Waals surface area contributed by atoms with Gasteiger partial charge in [-0.15, -0.1) is 0 Å². The van der Waals surface area contributed by atoms with Crippen molar-refractivity contribution in [1.29, 1.82) is 0 Å². The van der Waals surface area contributed by atoms with Gasteiger partial charge in [0, 0.05) is 0 Å². The molecule has 0 aliphatic heterocycles. The lowest BCUT2D eigenvalue weighted by molar-refractivity contribution is 0.611. The molecule has 0 saturated carbocycles. The van der Waals surface area contributed by atoms with Crippen LogP contribution in [0.1, 0.15) is 51.9 Å². The number of unbranched alkanes of at least 4 members (excludes halogenated alkanes) is 6. The normalized spacial score (nSPS) is 13.4. The lowest BCUT2D eigenvalue weighted by Gasteiger charge is -1.97. The third-order valence-electron chi connectivity index (χ3n) is 3.33. The zero-order valence-electron chi connectivity index (χ0n) is 15.3. The standard InChI is InChI=1S/C24H34/c1-3-5-7-9-11-13-15-17-19-21-23-24-22-20-18-16-14-12-10-8-6-4-2/h3,5,7,9,11,13,15,17-24H,1,4,6,8,10,12,14,16H2,2H3. The van der Waals surface area contributed by atoms with Gasteiger partial charge in [-0.2, -0.15) is 0 Å². The second kappa shape index (κ2) is 20.9. The van der Waals surface area contributed by atoms with Crippen molar-refractivity contribution in [3.8, 4) is 0 Å². The van der Waals surface area contributed by atoms with E-state index in [4.69, 9.17) is 0 Å². The molecule has 0 spiro atoms. The van der Waals surface area contributed by atoms with Gasteiger partial charge < -0.3 is 0 Å². The Morgan fingerprint density at radius 2 is 0.917 bits per heavy atom. The van der Waals surface area contributed by atoms with Crippen LogP contribution in [-0.2, 0) is 0 Å². The molecular weight excluding hydrogens is 288 g/mol. The summed E-state index contributed by atoms with van der Waals surface area (Å²) in [6.45, 7) is 5.88. The second-order valence-corrected chi connectivity index (χ2v) is 5.53. The van der Waals surface area contributed by atoms with Gasteiger partial charge in [0.25, 0.3) is 0 Å². The van der Waals surface area contributed by atoms with Gasteiger partial charge in [0.15, 0.2) is 0 Å². The fraction of sp³-hybridized carbons (Fsp3) is 0.333. The van der Waals surface area contributed by atoms with Crippen LogP contribution in [0.15, 0.2) is 97.7 Å². The third-order valence-corrected chi connectivity index (χ3v) is 3.33. The van der Waals surface area contributed by atoms with E-state index in [1.165, 1.54) is 44.9 Å². The number of rotatable bonds is 14. The highest BCUT2D eigenvalue weighted by Crippen LogP contribution is 2.07. The first-order valence-electron chi connectivity index (χ1n) is 9.19. The Bertz CT molecular complexity index is 464. The third kappa shape index (κ3) is 19.9. The summed E-state index contributed by atoms with van der Waals surface area (Å²) >= 11 is 0. The van der Waals surface area contributed by atoms with Crippen LogP contribution in [0.4, 0.5) is 0 Å². The van der Waals surface area contributed by atoms with Crippen molar-refractivity contribution in [2.24, 2.45) is 0 Å².